The Morgan fingerprint density at radius 3 is 2.46 bits per heavy atom. The van der Waals surface area contributed by atoms with Gasteiger partial charge in [-0.2, -0.15) is 0 Å². The molecule has 3 fully saturated rings. The number of benzene rings is 1. The Hall–Kier alpha value is -4.40. The molecule has 7 atom stereocenters. The highest BCUT2D eigenvalue weighted by molar-refractivity contribution is 7.91. The number of allylic oxidation sites excluding steroid dienone is 1. The second kappa shape index (κ2) is 15.9. The number of pyridine rings is 1. The van der Waals surface area contributed by atoms with Crippen molar-refractivity contribution in [3.05, 3.63) is 42.6 Å². The van der Waals surface area contributed by atoms with Gasteiger partial charge >= 0.3 is 6.09 Å². The molecule has 3 N–H and O–H groups in total. The molecule has 3 heterocycles. The monoisotopic (exact) mass is 795 g/mol. The molecule has 1 aromatic carbocycles. The van der Waals surface area contributed by atoms with Crippen LogP contribution in [-0.2, 0) is 29.1 Å². The zero-order chi connectivity index (χ0) is 40.6. The normalized spacial score (nSPS) is 29.2. The van der Waals surface area contributed by atoms with Gasteiger partial charge in [-0.1, -0.05) is 50.6 Å². The van der Waals surface area contributed by atoms with E-state index in [-0.39, 0.29) is 31.2 Å². The zero-order valence-corrected chi connectivity index (χ0v) is 34.4. The van der Waals surface area contributed by atoms with Crippen molar-refractivity contribution >= 4 is 44.6 Å². The first-order valence-electron chi connectivity index (χ1n) is 19.9. The number of rotatable bonds is 9. The molecular weight excluding hydrogens is 739 g/mol. The van der Waals surface area contributed by atoms with E-state index in [9.17, 15) is 27.6 Å². The van der Waals surface area contributed by atoms with Crippen molar-refractivity contribution in [3.63, 3.8) is 0 Å². The lowest BCUT2D eigenvalue weighted by Crippen LogP contribution is -2.59. The Bertz CT molecular complexity index is 1980. The van der Waals surface area contributed by atoms with Gasteiger partial charge in [-0.15, -0.1) is 0 Å². The number of hydrogen-bond acceptors (Lipinski definition) is 10. The number of ether oxygens (including phenoxy) is 3. The van der Waals surface area contributed by atoms with Crippen LogP contribution in [0, 0.1) is 17.8 Å². The van der Waals surface area contributed by atoms with Gasteiger partial charge < -0.3 is 29.7 Å². The maximum Gasteiger partial charge on any atom is 0.408 e. The van der Waals surface area contributed by atoms with Crippen molar-refractivity contribution < 1.29 is 41.8 Å². The minimum atomic E-state index is -4.00. The van der Waals surface area contributed by atoms with Crippen LogP contribution in [0.15, 0.2) is 42.6 Å². The van der Waals surface area contributed by atoms with Gasteiger partial charge in [0.15, 0.2) is 0 Å². The predicted octanol–water partition coefficient (Wildman–Crippen LogP) is 5.15. The van der Waals surface area contributed by atoms with Crippen molar-refractivity contribution in [1.29, 1.82) is 0 Å². The number of hydrogen-bond donors (Lipinski definition) is 3. The summed E-state index contributed by atoms with van der Waals surface area (Å²) in [6.07, 6.45) is 7.74. The van der Waals surface area contributed by atoms with E-state index in [0.29, 0.717) is 55.7 Å². The quantitative estimate of drug-likeness (QED) is 0.287. The van der Waals surface area contributed by atoms with E-state index in [0.717, 1.165) is 11.8 Å². The summed E-state index contributed by atoms with van der Waals surface area (Å²) in [4.78, 5) is 62.8. The van der Waals surface area contributed by atoms with Gasteiger partial charge in [-0.05, 0) is 91.0 Å². The molecule has 15 heteroatoms. The van der Waals surface area contributed by atoms with Crippen LogP contribution in [0.4, 0.5) is 4.79 Å². The van der Waals surface area contributed by atoms with Crippen LogP contribution < -0.4 is 24.8 Å². The summed E-state index contributed by atoms with van der Waals surface area (Å²) in [5.74, 6) is -1.59. The third-order valence-electron chi connectivity index (χ3n) is 11.6. The summed E-state index contributed by atoms with van der Waals surface area (Å²) in [6.45, 7) is 13.2. The lowest BCUT2D eigenvalue weighted by molar-refractivity contribution is -0.142. The van der Waals surface area contributed by atoms with Crippen LogP contribution >= 0.6 is 0 Å². The molecular formula is C41H57N5O9S. The fourth-order valence-corrected chi connectivity index (χ4v) is 9.22. The lowest BCUT2D eigenvalue weighted by atomic mass is 9.85. The van der Waals surface area contributed by atoms with E-state index in [2.05, 4.69) is 27.3 Å². The van der Waals surface area contributed by atoms with Crippen LogP contribution in [-0.4, -0.2) is 89.3 Å². The second-order valence-corrected chi connectivity index (χ2v) is 19.4. The Balaban J connectivity index is 1.37. The molecule has 0 radical (unpaired) electrons. The molecule has 0 bridgehead atoms. The summed E-state index contributed by atoms with van der Waals surface area (Å²) in [7, 11) is -4.00. The van der Waals surface area contributed by atoms with Crippen molar-refractivity contribution in [2.45, 2.75) is 134 Å². The van der Waals surface area contributed by atoms with Crippen molar-refractivity contribution in [2.24, 2.45) is 17.8 Å². The second-order valence-electron chi connectivity index (χ2n) is 17.2. The minimum absolute atomic E-state index is 0.0200. The highest BCUT2D eigenvalue weighted by Gasteiger charge is 2.63. The average molecular weight is 796 g/mol. The molecule has 4 aliphatic rings. The summed E-state index contributed by atoms with van der Waals surface area (Å²) in [5, 5.41) is 7.27. The summed E-state index contributed by atoms with van der Waals surface area (Å²) in [5.41, 5.74) is -2.35. The highest BCUT2D eigenvalue weighted by Crippen LogP contribution is 2.48. The smallest absolute Gasteiger partial charge is 0.408 e. The summed E-state index contributed by atoms with van der Waals surface area (Å²) in [6, 6.07) is 5.34. The van der Waals surface area contributed by atoms with Crippen LogP contribution in [0.3, 0.4) is 0 Å². The Morgan fingerprint density at radius 2 is 1.80 bits per heavy atom. The molecule has 1 saturated heterocycles. The maximum absolute atomic E-state index is 14.9. The largest absolute Gasteiger partial charge is 0.492 e. The Morgan fingerprint density at radius 1 is 1.09 bits per heavy atom. The molecule has 2 saturated carbocycles. The van der Waals surface area contributed by atoms with Crippen molar-refractivity contribution in [3.8, 4) is 11.6 Å². The van der Waals surface area contributed by atoms with E-state index < -0.39 is 73.8 Å². The lowest BCUT2D eigenvalue weighted by Gasteiger charge is -2.34. The molecule has 14 nitrogen and oxygen atoms in total. The number of sulfonamides is 1. The number of alkyl carbamates (subject to hydrolysis) is 1. The Kier molecular flexibility index (Phi) is 11.7. The number of nitrogens with one attached hydrogen (secondary N) is 3. The SMILES string of the molecule is CCOc1cnc(O[C@@H]2C[C@H]3C(=O)N[C@]4(C(=O)NS(=O)(=O)C5(C)CC5)C[C@H]4C=CCC[C@@H](C)C[C@@H](CC)[C@H](NC(=O)OC(C)(C)C)C(=O)N3C2)c2ccccc12. The van der Waals surface area contributed by atoms with E-state index in [1.807, 2.05) is 50.3 Å². The van der Waals surface area contributed by atoms with E-state index >= 15 is 0 Å². The molecule has 6 rings (SSSR count). The van der Waals surface area contributed by atoms with Crippen molar-refractivity contribution in [1.82, 2.24) is 25.2 Å². The molecule has 2 aliphatic carbocycles. The number of fused-ring (bicyclic) bond motifs is 3. The first kappa shape index (κ1) is 41.2. The number of carbonyl (C=O) groups is 4. The van der Waals surface area contributed by atoms with Crippen molar-refractivity contribution in [2.75, 3.05) is 13.2 Å². The van der Waals surface area contributed by atoms with Gasteiger partial charge in [-0.25, -0.2) is 18.2 Å². The van der Waals surface area contributed by atoms with E-state index in [1.165, 1.54) is 4.90 Å². The molecule has 0 spiro atoms. The molecule has 56 heavy (non-hydrogen) atoms. The van der Waals surface area contributed by atoms with Gasteiger partial charge in [0, 0.05) is 23.1 Å². The topological polar surface area (TPSA) is 182 Å². The zero-order valence-electron chi connectivity index (χ0n) is 33.6. The van der Waals surface area contributed by atoms with Gasteiger partial charge in [0.1, 0.15) is 35.1 Å². The highest BCUT2D eigenvalue weighted by atomic mass is 32.2. The number of nitrogens with zero attached hydrogens (tertiary/aromatic N) is 2. The van der Waals surface area contributed by atoms with E-state index in [4.69, 9.17) is 14.2 Å². The standard InChI is InChI=1S/C41H57N5O9S/c1-8-26-20-25(3)14-10-11-15-27-22-41(27,37(49)45-56(51,52)40(7)18-19-40)44-34(47)31-21-28(24-46(31)36(48)33(26)43-38(50)55-39(4,5)6)54-35-30-17-13-12-16-29(30)32(23-42-35)53-9-2/h11-13,15-17,23,25-28,31,33H,8-10,14,18-22,24H2,1-7H3,(H,43,50)(H,44,47)(H,45,49)/t25-,26-,27-,28-,31+,33+,41-/m1/s1. The third kappa shape index (κ3) is 8.77. The molecule has 0 unspecified atom stereocenters. The molecule has 4 amide bonds. The van der Waals surface area contributed by atoms with E-state index in [1.54, 1.807) is 33.9 Å². The fourth-order valence-electron chi connectivity index (χ4n) is 7.91. The average Bonchev–Trinajstić information content (AvgIpc) is 4.01. The molecule has 306 valence electrons. The first-order chi connectivity index (χ1) is 26.4. The van der Waals surface area contributed by atoms with Crippen LogP contribution in [0.1, 0.15) is 99.8 Å². The molecule has 1 aromatic heterocycles. The van der Waals surface area contributed by atoms with Crippen LogP contribution in [0.2, 0.25) is 0 Å². The van der Waals surface area contributed by atoms with Crippen LogP contribution in [0.5, 0.6) is 11.6 Å². The minimum Gasteiger partial charge on any atom is -0.492 e. The molecule has 2 aliphatic heterocycles. The van der Waals surface area contributed by atoms with Gasteiger partial charge in [-0.3, -0.25) is 19.1 Å². The maximum atomic E-state index is 14.9. The van der Waals surface area contributed by atoms with Gasteiger partial charge in [0.2, 0.25) is 27.7 Å². The number of carbonyl (C=O) groups excluding carboxylic acids is 4. The van der Waals surface area contributed by atoms with Gasteiger partial charge in [0.25, 0.3) is 5.91 Å². The van der Waals surface area contributed by atoms with Gasteiger partial charge in [0.05, 0.1) is 24.1 Å². The Labute approximate surface area is 329 Å². The number of amides is 4. The number of aromatic nitrogens is 1. The summed E-state index contributed by atoms with van der Waals surface area (Å²) >= 11 is 0. The molecule has 2 aromatic rings. The van der Waals surface area contributed by atoms with Crippen LogP contribution in [0.25, 0.3) is 10.8 Å². The third-order valence-corrected chi connectivity index (χ3v) is 13.7. The fraction of sp³-hybridized carbons (Fsp3) is 0.634. The summed E-state index contributed by atoms with van der Waals surface area (Å²) < 4.78 is 45.6. The predicted molar refractivity (Wildman–Crippen MR) is 210 cm³/mol. The first-order valence-corrected chi connectivity index (χ1v) is 21.4.